The van der Waals surface area contributed by atoms with E-state index in [2.05, 4.69) is 33.2 Å². The zero-order valence-corrected chi connectivity index (χ0v) is 22.1. The van der Waals surface area contributed by atoms with Gasteiger partial charge in [0.1, 0.15) is 16.6 Å². The molecule has 6 nitrogen and oxygen atoms in total. The average molecular weight is 561 g/mol. The van der Waals surface area contributed by atoms with Crippen LogP contribution in [0.1, 0.15) is 31.2 Å². The van der Waals surface area contributed by atoms with Crippen LogP contribution in [0.4, 0.5) is 5.69 Å². The Morgan fingerprint density at radius 3 is 2.62 bits per heavy atom. The number of hydrogen-bond acceptors (Lipinski definition) is 5. The lowest BCUT2D eigenvalue weighted by Gasteiger charge is -2.19. The number of nitrogens with one attached hydrogen (secondary N) is 1. The smallest absolute Gasteiger partial charge is 0.263 e. The molecule has 1 atom stereocenters. The van der Waals surface area contributed by atoms with E-state index in [0.717, 1.165) is 26.9 Å². The number of halogens is 2. The third-order valence-electron chi connectivity index (χ3n) is 5.61. The maximum atomic E-state index is 13.7. The van der Waals surface area contributed by atoms with Crippen molar-refractivity contribution in [2.75, 3.05) is 12.4 Å². The van der Waals surface area contributed by atoms with Gasteiger partial charge in [-0.2, -0.15) is 0 Å². The molecule has 0 radical (unpaired) electrons. The first kappa shape index (κ1) is 24.4. The molecule has 0 fully saturated rings. The van der Waals surface area contributed by atoms with Crippen molar-refractivity contribution in [1.29, 1.82) is 0 Å². The number of benzene rings is 2. The lowest BCUT2D eigenvalue weighted by molar-refractivity contribution is -0.119. The molecule has 1 N–H and O–H groups in total. The van der Waals surface area contributed by atoms with Crippen molar-refractivity contribution in [3.63, 3.8) is 0 Å². The highest BCUT2D eigenvalue weighted by Gasteiger charge is 2.25. The monoisotopic (exact) mass is 559 g/mol. The summed E-state index contributed by atoms with van der Waals surface area (Å²) in [5.74, 6) is 0.138. The number of rotatable bonds is 7. The molecule has 4 aromatic rings. The lowest BCUT2D eigenvalue weighted by atomic mass is 10.0. The van der Waals surface area contributed by atoms with E-state index in [1.165, 1.54) is 29.3 Å². The molecule has 2 aromatic heterocycles. The summed E-state index contributed by atoms with van der Waals surface area (Å²) in [4.78, 5) is 33.3. The van der Waals surface area contributed by atoms with E-state index in [1.54, 1.807) is 18.2 Å². The molecule has 2 heterocycles. The summed E-state index contributed by atoms with van der Waals surface area (Å²) in [6.45, 7) is 3.92. The lowest BCUT2D eigenvalue weighted by Crippen LogP contribution is -2.33. The molecule has 34 heavy (non-hydrogen) atoms. The van der Waals surface area contributed by atoms with Crippen LogP contribution in [0.25, 0.3) is 21.3 Å². The standard InChI is InChI=1S/C25H23BrClN3O3S/c1-4-18(23(31)29-17-12-16(27)10-11-19(17)33-3)30-13-28-24-22(25(30)32)21(20(5-2)34-24)14-6-8-15(26)9-7-14/h6-13,18H,4-5H2,1-3H3,(H,29,31). The van der Waals surface area contributed by atoms with Crippen LogP contribution in [0.3, 0.4) is 0 Å². The topological polar surface area (TPSA) is 73.2 Å². The number of aryl methyl sites for hydroxylation is 1. The number of anilines is 1. The molecule has 1 amide bonds. The van der Waals surface area contributed by atoms with E-state index < -0.39 is 6.04 Å². The van der Waals surface area contributed by atoms with Crippen molar-refractivity contribution < 1.29 is 9.53 Å². The summed E-state index contributed by atoms with van der Waals surface area (Å²) in [6.07, 6.45) is 2.65. The molecule has 0 bridgehead atoms. The Balaban J connectivity index is 1.80. The maximum absolute atomic E-state index is 13.7. The van der Waals surface area contributed by atoms with E-state index >= 15 is 0 Å². The Kier molecular flexibility index (Phi) is 7.40. The first-order valence-corrected chi connectivity index (χ1v) is 12.8. The molecule has 0 spiro atoms. The van der Waals surface area contributed by atoms with Gasteiger partial charge in [0.05, 0.1) is 24.5 Å². The van der Waals surface area contributed by atoms with Crippen LogP contribution in [0, 0.1) is 0 Å². The normalized spacial score (nSPS) is 12.0. The Morgan fingerprint density at radius 1 is 1.24 bits per heavy atom. The van der Waals surface area contributed by atoms with Crippen LogP contribution in [0.5, 0.6) is 5.75 Å². The van der Waals surface area contributed by atoms with Gasteiger partial charge in [-0.25, -0.2) is 4.98 Å². The molecule has 176 valence electrons. The third kappa shape index (κ3) is 4.62. The van der Waals surface area contributed by atoms with E-state index in [1.807, 2.05) is 31.2 Å². The maximum Gasteiger partial charge on any atom is 0.263 e. The van der Waals surface area contributed by atoms with Crippen molar-refractivity contribution in [3.05, 3.63) is 73.5 Å². The van der Waals surface area contributed by atoms with Crippen molar-refractivity contribution in [2.24, 2.45) is 0 Å². The van der Waals surface area contributed by atoms with Gasteiger partial charge in [0.2, 0.25) is 5.91 Å². The first-order valence-electron chi connectivity index (χ1n) is 10.8. The minimum absolute atomic E-state index is 0.237. The molecular weight excluding hydrogens is 538 g/mol. The molecule has 1 unspecified atom stereocenters. The van der Waals surface area contributed by atoms with E-state index in [9.17, 15) is 9.59 Å². The zero-order chi connectivity index (χ0) is 24.4. The van der Waals surface area contributed by atoms with Crippen LogP contribution < -0.4 is 15.6 Å². The molecule has 9 heteroatoms. The molecule has 2 aromatic carbocycles. The molecule has 4 rings (SSSR count). The Labute approximate surface area is 214 Å². The van der Waals surface area contributed by atoms with Crippen LogP contribution in [0.2, 0.25) is 5.02 Å². The van der Waals surface area contributed by atoms with Gasteiger partial charge in [0, 0.05) is 19.9 Å². The number of fused-ring (bicyclic) bond motifs is 1. The summed E-state index contributed by atoms with van der Waals surface area (Å²) < 4.78 is 7.72. The third-order valence-corrected chi connectivity index (χ3v) is 7.61. The van der Waals surface area contributed by atoms with Gasteiger partial charge in [0.15, 0.2) is 0 Å². The molecule has 0 saturated carbocycles. The largest absolute Gasteiger partial charge is 0.495 e. The number of methoxy groups -OCH3 is 1. The van der Waals surface area contributed by atoms with Crippen LogP contribution in [-0.4, -0.2) is 22.6 Å². The minimum atomic E-state index is -0.754. The number of aromatic nitrogens is 2. The zero-order valence-electron chi connectivity index (χ0n) is 18.9. The highest BCUT2D eigenvalue weighted by Crippen LogP contribution is 2.37. The second-order valence-corrected chi connectivity index (χ2v) is 10.1. The highest BCUT2D eigenvalue weighted by molar-refractivity contribution is 9.10. The molecule has 0 saturated heterocycles. The Hall–Kier alpha value is -2.68. The van der Waals surface area contributed by atoms with Crippen LogP contribution >= 0.6 is 38.9 Å². The fourth-order valence-corrected chi connectivity index (χ4v) is 5.47. The van der Waals surface area contributed by atoms with Gasteiger partial charge >= 0.3 is 0 Å². The summed E-state index contributed by atoms with van der Waals surface area (Å²) in [6, 6.07) is 12.1. The fraction of sp³-hybridized carbons (Fsp3) is 0.240. The summed E-state index contributed by atoms with van der Waals surface area (Å²) in [5, 5.41) is 3.86. The van der Waals surface area contributed by atoms with Gasteiger partial charge in [0.25, 0.3) is 5.56 Å². The number of carbonyl (C=O) groups is 1. The fourth-order valence-electron chi connectivity index (χ4n) is 3.95. The number of hydrogen-bond donors (Lipinski definition) is 1. The molecule has 0 aliphatic carbocycles. The minimum Gasteiger partial charge on any atom is -0.495 e. The Bertz CT molecular complexity index is 1420. The summed E-state index contributed by atoms with van der Waals surface area (Å²) >= 11 is 11.1. The van der Waals surface area contributed by atoms with Crippen molar-refractivity contribution >= 4 is 60.7 Å². The first-order chi connectivity index (χ1) is 16.4. The second kappa shape index (κ2) is 10.3. The number of carbonyl (C=O) groups excluding carboxylic acids is 1. The van der Waals surface area contributed by atoms with Gasteiger partial charge in [-0.1, -0.05) is 53.5 Å². The van der Waals surface area contributed by atoms with Gasteiger partial charge in [-0.05, 0) is 48.7 Å². The Morgan fingerprint density at radius 2 is 1.97 bits per heavy atom. The van der Waals surface area contributed by atoms with E-state index in [4.69, 9.17) is 16.3 Å². The number of thiophene rings is 1. The molecular formula is C25H23BrClN3O3S. The van der Waals surface area contributed by atoms with Crippen molar-refractivity contribution in [2.45, 2.75) is 32.7 Å². The predicted molar refractivity (Wildman–Crippen MR) is 142 cm³/mol. The molecule has 0 aliphatic heterocycles. The van der Waals surface area contributed by atoms with Crippen LogP contribution in [0.15, 0.2) is 58.1 Å². The summed E-state index contributed by atoms with van der Waals surface area (Å²) in [7, 11) is 1.52. The predicted octanol–water partition coefficient (Wildman–Crippen LogP) is 6.70. The number of nitrogens with zero attached hydrogens (tertiary/aromatic N) is 2. The number of ether oxygens (including phenoxy) is 1. The average Bonchev–Trinajstić information content (AvgIpc) is 3.21. The van der Waals surface area contributed by atoms with Crippen molar-refractivity contribution in [1.82, 2.24) is 9.55 Å². The van der Waals surface area contributed by atoms with Crippen LogP contribution in [-0.2, 0) is 11.2 Å². The SMILES string of the molecule is CCc1sc2ncn(C(CC)C(=O)Nc3cc(Cl)ccc3OC)c(=O)c2c1-c1ccc(Br)cc1. The van der Waals surface area contributed by atoms with E-state index in [-0.39, 0.29) is 11.5 Å². The highest BCUT2D eigenvalue weighted by atomic mass is 79.9. The van der Waals surface area contributed by atoms with Crippen molar-refractivity contribution in [3.8, 4) is 16.9 Å². The van der Waals surface area contributed by atoms with E-state index in [0.29, 0.717) is 33.1 Å². The number of amides is 1. The van der Waals surface area contributed by atoms with Gasteiger partial charge in [-0.3, -0.25) is 14.2 Å². The van der Waals surface area contributed by atoms with Gasteiger partial charge < -0.3 is 10.1 Å². The quantitative estimate of drug-likeness (QED) is 0.273. The van der Waals surface area contributed by atoms with Gasteiger partial charge in [-0.15, -0.1) is 11.3 Å². The second-order valence-electron chi connectivity index (χ2n) is 7.66. The molecule has 0 aliphatic rings. The summed E-state index contributed by atoms with van der Waals surface area (Å²) in [5.41, 5.74) is 2.04.